The fraction of sp³-hybridized carbons (Fsp3) is 0.222. The monoisotopic (exact) mass is 293 g/mol. The van der Waals surface area contributed by atoms with E-state index >= 15 is 0 Å². The average molecular weight is 293 g/mol. The number of amides is 1. The fourth-order valence-electron chi connectivity index (χ4n) is 2.59. The third kappa shape index (κ3) is 3.17. The van der Waals surface area contributed by atoms with Gasteiger partial charge in [0.2, 0.25) is 5.91 Å². The van der Waals surface area contributed by atoms with Crippen molar-refractivity contribution in [1.82, 2.24) is 14.9 Å². The molecule has 1 N–H and O–H groups in total. The molecule has 0 aliphatic rings. The van der Waals surface area contributed by atoms with Crippen molar-refractivity contribution in [2.75, 3.05) is 0 Å². The van der Waals surface area contributed by atoms with Crippen molar-refractivity contribution < 1.29 is 4.79 Å². The molecular weight excluding hydrogens is 274 g/mol. The van der Waals surface area contributed by atoms with Crippen LogP contribution in [0.5, 0.6) is 0 Å². The van der Waals surface area contributed by atoms with Gasteiger partial charge in [0.15, 0.2) is 0 Å². The Hall–Kier alpha value is -2.62. The molecule has 112 valence electrons. The molecule has 0 saturated heterocycles. The summed E-state index contributed by atoms with van der Waals surface area (Å²) in [6.07, 6.45) is 6.01. The zero-order chi connectivity index (χ0) is 15.4. The van der Waals surface area contributed by atoms with Crippen LogP contribution < -0.4 is 5.32 Å². The Labute approximate surface area is 129 Å². The van der Waals surface area contributed by atoms with Crippen molar-refractivity contribution in [3.8, 4) is 0 Å². The largest absolute Gasteiger partial charge is 0.349 e. The molecule has 0 spiro atoms. The van der Waals surface area contributed by atoms with Gasteiger partial charge < -0.3 is 9.88 Å². The number of aryl methyl sites for hydroxylation is 1. The molecule has 0 radical (unpaired) electrons. The molecule has 4 heteroatoms. The molecule has 4 nitrogen and oxygen atoms in total. The average Bonchev–Trinajstić information content (AvgIpc) is 2.97. The number of nitrogens with one attached hydrogen (secondary N) is 1. The summed E-state index contributed by atoms with van der Waals surface area (Å²) in [6.45, 7) is 2.65. The molecule has 0 aliphatic heterocycles. The van der Waals surface area contributed by atoms with Gasteiger partial charge in [-0.05, 0) is 36.1 Å². The summed E-state index contributed by atoms with van der Waals surface area (Å²) >= 11 is 0. The van der Waals surface area contributed by atoms with E-state index in [2.05, 4.69) is 33.1 Å². The van der Waals surface area contributed by atoms with Crippen LogP contribution in [-0.2, 0) is 11.3 Å². The lowest BCUT2D eigenvalue weighted by Crippen LogP contribution is -2.27. The molecular formula is C18H19N3O. The molecule has 1 atom stereocenters. The predicted octanol–water partition coefficient (Wildman–Crippen LogP) is 3.30. The number of para-hydroxylation sites is 1. The number of fused-ring (bicyclic) bond motifs is 1. The van der Waals surface area contributed by atoms with Crippen LogP contribution in [0, 0.1) is 0 Å². The minimum atomic E-state index is -0.0254. The van der Waals surface area contributed by atoms with E-state index in [4.69, 9.17) is 0 Å². The van der Waals surface area contributed by atoms with Crippen LogP contribution in [0.1, 0.15) is 24.9 Å². The van der Waals surface area contributed by atoms with E-state index in [-0.39, 0.29) is 11.9 Å². The second kappa shape index (κ2) is 6.43. The van der Waals surface area contributed by atoms with Crippen molar-refractivity contribution in [3.63, 3.8) is 0 Å². The van der Waals surface area contributed by atoms with E-state index in [9.17, 15) is 4.79 Å². The Balaban J connectivity index is 1.58. The van der Waals surface area contributed by atoms with Crippen molar-refractivity contribution in [2.24, 2.45) is 0 Å². The highest BCUT2D eigenvalue weighted by atomic mass is 16.1. The molecule has 3 rings (SSSR count). The molecule has 0 aliphatic carbocycles. The second-order valence-corrected chi connectivity index (χ2v) is 5.39. The van der Waals surface area contributed by atoms with Crippen molar-refractivity contribution in [2.45, 2.75) is 25.9 Å². The number of aromatic nitrogens is 2. The number of rotatable bonds is 5. The lowest BCUT2D eigenvalue weighted by molar-refractivity contribution is -0.121. The maximum Gasteiger partial charge on any atom is 0.222 e. The quantitative estimate of drug-likeness (QED) is 0.784. The van der Waals surface area contributed by atoms with E-state index in [1.165, 1.54) is 5.39 Å². The van der Waals surface area contributed by atoms with Crippen LogP contribution in [0.3, 0.4) is 0 Å². The van der Waals surface area contributed by atoms with E-state index in [0.717, 1.165) is 11.1 Å². The summed E-state index contributed by atoms with van der Waals surface area (Å²) in [4.78, 5) is 16.2. The summed E-state index contributed by atoms with van der Waals surface area (Å²) < 4.78 is 2.11. The Morgan fingerprint density at radius 1 is 1.23 bits per heavy atom. The third-order valence-electron chi connectivity index (χ3n) is 3.82. The normalized spacial score (nSPS) is 12.2. The van der Waals surface area contributed by atoms with Gasteiger partial charge in [-0.25, -0.2) is 0 Å². The Bertz CT molecular complexity index is 764. The minimum absolute atomic E-state index is 0.0254. The smallest absolute Gasteiger partial charge is 0.222 e. The summed E-state index contributed by atoms with van der Waals surface area (Å²) in [5, 5.41) is 4.21. The molecule has 22 heavy (non-hydrogen) atoms. The third-order valence-corrected chi connectivity index (χ3v) is 3.82. The molecule has 3 aromatic rings. The maximum atomic E-state index is 12.1. The first-order chi connectivity index (χ1) is 10.7. The van der Waals surface area contributed by atoms with Gasteiger partial charge >= 0.3 is 0 Å². The second-order valence-electron chi connectivity index (χ2n) is 5.39. The van der Waals surface area contributed by atoms with Gasteiger partial charge in [-0.2, -0.15) is 0 Å². The first kappa shape index (κ1) is 14.3. The van der Waals surface area contributed by atoms with E-state index in [1.54, 1.807) is 12.4 Å². The van der Waals surface area contributed by atoms with E-state index in [1.807, 2.05) is 37.4 Å². The first-order valence-corrected chi connectivity index (χ1v) is 7.47. The van der Waals surface area contributed by atoms with Gasteiger partial charge in [-0.3, -0.25) is 9.78 Å². The summed E-state index contributed by atoms with van der Waals surface area (Å²) in [5.74, 6) is 0.0501. The lowest BCUT2D eigenvalue weighted by atomic mass is 10.1. The van der Waals surface area contributed by atoms with Crippen LogP contribution in [0.15, 0.2) is 61.1 Å². The van der Waals surface area contributed by atoms with Crippen molar-refractivity contribution in [3.05, 3.63) is 66.6 Å². The van der Waals surface area contributed by atoms with Crippen LogP contribution >= 0.6 is 0 Å². The predicted molar refractivity (Wildman–Crippen MR) is 87.3 cm³/mol. The Kier molecular flexibility index (Phi) is 4.19. The molecule has 2 heterocycles. The Morgan fingerprint density at radius 2 is 2.09 bits per heavy atom. The van der Waals surface area contributed by atoms with Crippen LogP contribution in [0.25, 0.3) is 10.9 Å². The van der Waals surface area contributed by atoms with Crippen LogP contribution in [0.4, 0.5) is 0 Å². The molecule has 0 fully saturated rings. The van der Waals surface area contributed by atoms with Crippen molar-refractivity contribution >= 4 is 16.8 Å². The molecule has 0 unspecified atom stereocenters. The van der Waals surface area contributed by atoms with E-state index in [0.29, 0.717) is 13.0 Å². The number of nitrogens with zero attached hydrogens (tertiary/aromatic N) is 2. The van der Waals surface area contributed by atoms with Gasteiger partial charge in [-0.1, -0.05) is 24.3 Å². The van der Waals surface area contributed by atoms with Gasteiger partial charge in [0.1, 0.15) is 0 Å². The van der Waals surface area contributed by atoms with Gasteiger partial charge in [-0.15, -0.1) is 0 Å². The Morgan fingerprint density at radius 3 is 2.91 bits per heavy atom. The molecule has 1 amide bonds. The summed E-state index contributed by atoms with van der Waals surface area (Å²) in [6, 6.07) is 14.1. The number of carbonyl (C=O) groups excluding carboxylic acids is 1. The number of pyridine rings is 1. The topological polar surface area (TPSA) is 46.9 Å². The number of hydrogen-bond acceptors (Lipinski definition) is 2. The van der Waals surface area contributed by atoms with Crippen LogP contribution in [-0.4, -0.2) is 15.5 Å². The van der Waals surface area contributed by atoms with Crippen LogP contribution in [0.2, 0.25) is 0 Å². The highest BCUT2D eigenvalue weighted by Crippen LogP contribution is 2.15. The minimum Gasteiger partial charge on any atom is -0.349 e. The first-order valence-electron chi connectivity index (χ1n) is 7.47. The zero-order valence-corrected chi connectivity index (χ0v) is 12.6. The fourth-order valence-corrected chi connectivity index (χ4v) is 2.59. The number of hydrogen-bond donors (Lipinski definition) is 1. The highest BCUT2D eigenvalue weighted by Gasteiger charge is 2.10. The van der Waals surface area contributed by atoms with Gasteiger partial charge in [0.05, 0.1) is 6.04 Å². The molecule has 2 aromatic heterocycles. The SMILES string of the molecule is C[C@H](NC(=O)CCn1ccc2ccccc21)c1cccnc1. The van der Waals surface area contributed by atoms with Crippen molar-refractivity contribution in [1.29, 1.82) is 0 Å². The molecule has 0 bridgehead atoms. The maximum absolute atomic E-state index is 12.1. The number of carbonyl (C=O) groups is 1. The number of benzene rings is 1. The zero-order valence-electron chi connectivity index (χ0n) is 12.6. The summed E-state index contributed by atoms with van der Waals surface area (Å²) in [5.41, 5.74) is 2.18. The highest BCUT2D eigenvalue weighted by molar-refractivity contribution is 5.80. The van der Waals surface area contributed by atoms with Gasteiger partial charge in [0, 0.05) is 37.1 Å². The molecule has 1 aromatic carbocycles. The van der Waals surface area contributed by atoms with E-state index < -0.39 is 0 Å². The lowest BCUT2D eigenvalue weighted by Gasteiger charge is -2.14. The standard InChI is InChI=1S/C18H19N3O/c1-14(16-6-4-10-19-13-16)20-18(22)9-12-21-11-8-15-5-2-3-7-17(15)21/h2-8,10-11,13-14H,9,12H2,1H3,(H,20,22)/t14-/m0/s1. The van der Waals surface area contributed by atoms with Gasteiger partial charge in [0.25, 0.3) is 0 Å². The summed E-state index contributed by atoms with van der Waals surface area (Å²) in [7, 11) is 0. The molecule has 0 saturated carbocycles.